The zero-order valence-corrected chi connectivity index (χ0v) is 34.2. The Morgan fingerprint density at radius 2 is 1.20 bits per heavy atom. The molecule has 2 heterocycles. The minimum atomic E-state index is -0.0174. The third kappa shape index (κ3) is 4.99. The van der Waals surface area contributed by atoms with Crippen LogP contribution in [-0.2, 0) is 5.41 Å². The number of benzene rings is 9. The highest BCUT2D eigenvalue weighted by Gasteiger charge is 2.35. The van der Waals surface area contributed by atoms with Crippen LogP contribution in [0, 0.1) is 0 Å². The van der Waals surface area contributed by atoms with Gasteiger partial charge in [0.05, 0.1) is 27.8 Å². The smallest absolute Gasteiger partial charge is 0.111 e. The molecule has 1 aliphatic rings. The van der Waals surface area contributed by atoms with E-state index in [0.717, 1.165) is 28.2 Å². The van der Waals surface area contributed by atoms with Crippen molar-refractivity contribution in [1.82, 2.24) is 9.13 Å². The number of hydrogen-bond acceptors (Lipinski definition) is 1. The van der Waals surface area contributed by atoms with E-state index in [1.165, 1.54) is 87.5 Å². The van der Waals surface area contributed by atoms with Crippen LogP contribution in [0.4, 0.5) is 5.69 Å². The van der Waals surface area contributed by atoms with Crippen LogP contribution >= 0.6 is 0 Å². The predicted molar refractivity (Wildman–Crippen MR) is 255 cm³/mol. The summed E-state index contributed by atoms with van der Waals surface area (Å²) in [6.07, 6.45) is 0. The molecule has 0 fully saturated rings. The summed E-state index contributed by atoms with van der Waals surface area (Å²) in [4.78, 5) is 5.56. The molecule has 3 nitrogen and oxygen atoms in total. The number of rotatable bonds is 4. The zero-order chi connectivity index (χ0) is 40.3. The van der Waals surface area contributed by atoms with Gasteiger partial charge in [0.1, 0.15) is 5.84 Å². The summed E-state index contributed by atoms with van der Waals surface area (Å²) in [6, 6.07) is 67.2. The maximum Gasteiger partial charge on any atom is 0.111 e. The van der Waals surface area contributed by atoms with Crippen molar-refractivity contribution >= 4 is 76.7 Å². The summed E-state index contributed by atoms with van der Waals surface area (Å²) in [5.41, 5.74) is 14.8. The number of hydrogen-bond donors (Lipinski definition) is 0. The minimum Gasteiger partial charge on any atom is -0.309 e. The Morgan fingerprint density at radius 1 is 0.500 bits per heavy atom. The van der Waals surface area contributed by atoms with E-state index in [4.69, 9.17) is 4.99 Å². The van der Waals surface area contributed by atoms with Gasteiger partial charge in [-0.2, -0.15) is 0 Å². The first kappa shape index (κ1) is 34.8. The lowest BCUT2D eigenvalue weighted by Gasteiger charge is -2.22. The van der Waals surface area contributed by atoms with Crippen LogP contribution in [0.1, 0.15) is 55.9 Å². The molecule has 12 rings (SSSR count). The van der Waals surface area contributed by atoms with Crippen LogP contribution in [0.3, 0.4) is 0 Å². The second-order valence-corrected chi connectivity index (χ2v) is 17.2. The summed E-state index contributed by atoms with van der Waals surface area (Å²) in [5.74, 6) is 1.07. The first-order valence-electron chi connectivity index (χ1n) is 21.1. The number of nitrogens with zero attached hydrogens (tertiary/aromatic N) is 3. The van der Waals surface area contributed by atoms with Gasteiger partial charge in [-0.1, -0.05) is 160 Å². The first-order chi connectivity index (χ1) is 29.3. The van der Waals surface area contributed by atoms with Crippen LogP contribution < -0.4 is 0 Å². The largest absolute Gasteiger partial charge is 0.309 e. The molecule has 2 aromatic heterocycles. The molecule has 0 spiro atoms. The van der Waals surface area contributed by atoms with Gasteiger partial charge in [-0.3, -0.25) is 4.57 Å². The fourth-order valence-electron chi connectivity index (χ4n) is 10.6. The van der Waals surface area contributed by atoms with Gasteiger partial charge in [-0.15, -0.1) is 0 Å². The van der Waals surface area contributed by atoms with Gasteiger partial charge in [0.15, 0.2) is 0 Å². The molecule has 0 N–H and O–H groups in total. The van der Waals surface area contributed by atoms with E-state index in [1.54, 1.807) is 0 Å². The summed E-state index contributed by atoms with van der Waals surface area (Å²) in [5, 5.41) is 9.95. The van der Waals surface area contributed by atoms with Gasteiger partial charge in [0.2, 0.25) is 0 Å². The Morgan fingerprint density at radius 3 is 2.07 bits per heavy atom. The van der Waals surface area contributed by atoms with Crippen molar-refractivity contribution in [2.45, 2.75) is 39.0 Å². The van der Waals surface area contributed by atoms with E-state index in [-0.39, 0.29) is 11.3 Å². The lowest BCUT2D eigenvalue weighted by atomic mass is 9.81. The topological polar surface area (TPSA) is 22.2 Å². The summed E-state index contributed by atoms with van der Waals surface area (Å²) in [7, 11) is 0. The van der Waals surface area contributed by atoms with E-state index >= 15 is 0 Å². The Bertz CT molecular complexity index is 3610. The summed E-state index contributed by atoms with van der Waals surface area (Å²) in [6.45, 7) is 9.19. The van der Waals surface area contributed by atoms with Gasteiger partial charge in [0.25, 0.3) is 0 Å². The molecule has 1 unspecified atom stereocenters. The molecule has 11 aromatic rings. The molecule has 0 amide bonds. The molecular formula is C57H43N3. The molecule has 0 radical (unpaired) electrons. The monoisotopic (exact) mass is 769 g/mol. The molecule has 1 aliphatic carbocycles. The third-order valence-corrected chi connectivity index (χ3v) is 13.6. The molecule has 0 saturated heterocycles. The highest BCUT2D eigenvalue weighted by atomic mass is 15.1. The molecule has 286 valence electrons. The lowest BCUT2D eigenvalue weighted by Crippen LogP contribution is -2.14. The van der Waals surface area contributed by atoms with E-state index < -0.39 is 0 Å². The second-order valence-electron chi connectivity index (χ2n) is 17.2. The number of fused-ring (bicyclic) bond motifs is 12. The Balaban J connectivity index is 1.05. The molecule has 1 atom stereocenters. The highest BCUT2D eigenvalue weighted by molar-refractivity contribution is 6.24. The average Bonchev–Trinajstić information content (AvgIpc) is 3.87. The quantitative estimate of drug-likeness (QED) is 0.126. The summed E-state index contributed by atoms with van der Waals surface area (Å²) < 4.78 is 4.83. The molecule has 60 heavy (non-hydrogen) atoms. The Hall–Kier alpha value is -7.23. The molecule has 3 heteroatoms. The maximum absolute atomic E-state index is 5.56. The SMILES string of the molecule is C/C(=N\c1ccccc1C(C)c1ccc2c(c1)-c1ccccc1C2(C)C)n1c2cc(-n3c4ccccc4c4cc5ccccc5cc43)ccc2c2c3ccccc3ccc21. The standard InChI is InChI=1S/C57H43N3/c1-35(38-25-29-50-47(31-38)44-20-9-12-22-49(44)57(50,3)4)42-18-10-13-23-51(42)58-36(2)59-53-30-26-37-15-7-8-19-43(37)56(53)46-28-27-41(34-55(46)59)60-52-24-14-11-21-45(52)48-32-39-16-5-6-17-40(39)33-54(48)60/h5-35H,1-4H3/b58-36+. The fourth-order valence-corrected chi connectivity index (χ4v) is 10.6. The van der Waals surface area contributed by atoms with Crippen LogP contribution in [-0.4, -0.2) is 15.0 Å². The van der Waals surface area contributed by atoms with Crippen molar-refractivity contribution in [3.63, 3.8) is 0 Å². The van der Waals surface area contributed by atoms with E-state index in [0.29, 0.717) is 0 Å². The average molecular weight is 770 g/mol. The third-order valence-electron chi connectivity index (χ3n) is 13.6. The van der Waals surface area contributed by atoms with Crippen molar-refractivity contribution in [3.05, 3.63) is 204 Å². The molecular weight excluding hydrogens is 727 g/mol. The van der Waals surface area contributed by atoms with Gasteiger partial charge in [-0.05, 0) is 104 Å². The van der Waals surface area contributed by atoms with Gasteiger partial charge in [0, 0.05) is 38.6 Å². The Kier molecular flexibility index (Phi) is 7.47. The van der Waals surface area contributed by atoms with Gasteiger partial charge < -0.3 is 4.57 Å². The maximum atomic E-state index is 5.56. The second kappa shape index (κ2) is 12.9. The van der Waals surface area contributed by atoms with Crippen LogP contribution in [0.15, 0.2) is 187 Å². The van der Waals surface area contributed by atoms with Crippen molar-refractivity contribution in [2.75, 3.05) is 0 Å². The normalized spacial score (nSPS) is 14.2. The molecule has 9 aromatic carbocycles. The summed E-state index contributed by atoms with van der Waals surface area (Å²) >= 11 is 0. The number of aliphatic imine (C=N–C) groups is 1. The molecule has 0 bridgehead atoms. The minimum absolute atomic E-state index is 0.0174. The van der Waals surface area contributed by atoms with E-state index in [2.05, 4.69) is 219 Å². The fraction of sp³-hybridized carbons (Fsp3) is 0.105. The van der Waals surface area contributed by atoms with Gasteiger partial charge in [-0.25, -0.2) is 4.99 Å². The molecule has 0 aliphatic heterocycles. The van der Waals surface area contributed by atoms with Crippen molar-refractivity contribution in [2.24, 2.45) is 4.99 Å². The predicted octanol–water partition coefficient (Wildman–Crippen LogP) is 15.3. The van der Waals surface area contributed by atoms with E-state index in [9.17, 15) is 0 Å². The number of para-hydroxylation sites is 2. The van der Waals surface area contributed by atoms with Crippen molar-refractivity contribution in [3.8, 4) is 16.8 Å². The molecule has 0 saturated carbocycles. The van der Waals surface area contributed by atoms with Gasteiger partial charge >= 0.3 is 0 Å². The van der Waals surface area contributed by atoms with Crippen LogP contribution in [0.2, 0.25) is 0 Å². The van der Waals surface area contributed by atoms with Crippen molar-refractivity contribution < 1.29 is 0 Å². The van der Waals surface area contributed by atoms with Crippen molar-refractivity contribution in [1.29, 1.82) is 0 Å². The zero-order valence-electron chi connectivity index (χ0n) is 34.2. The highest BCUT2D eigenvalue weighted by Crippen LogP contribution is 2.50. The number of aromatic nitrogens is 2. The van der Waals surface area contributed by atoms with Crippen LogP contribution in [0.25, 0.3) is 82.0 Å². The van der Waals surface area contributed by atoms with Crippen LogP contribution in [0.5, 0.6) is 0 Å². The Labute approximate surface area is 349 Å². The first-order valence-corrected chi connectivity index (χ1v) is 21.1. The lowest BCUT2D eigenvalue weighted by molar-refractivity contribution is 0.660. The van der Waals surface area contributed by atoms with E-state index in [1.807, 2.05) is 0 Å².